The fourth-order valence-corrected chi connectivity index (χ4v) is 5.47. The largest absolute Gasteiger partial charge is 0.481 e. The van der Waals surface area contributed by atoms with Crippen LogP contribution in [0.1, 0.15) is 23.7 Å². The molecule has 1 atom stereocenters. The zero-order valence-corrected chi connectivity index (χ0v) is 24.9. The van der Waals surface area contributed by atoms with E-state index < -0.39 is 0 Å². The van der Waals surface area contributed by atoms with Gasteiger partial charge < -0.3 is 14.4 Å². The summed E-state index contributed by atoms with van der Waals surface area (Å²) in [6.07, 6.45) is 7.35. The molecule has 1 aliphatic heterocycles. The number of methoxy groups -OCH3 is 2. The molecule has 6 rings (SSSR count). The number of aryl methyl sites for hydroxylation is 1. The van der Waals surface area contributed by atoms with E-state index in [4.69, 9.17) is 19.6 Å². The minimum absolute atomic E-state index is 0.0483. The van der Waals surface area contributed by atoms with Gasteiger partial charge in [-0.3, -0.25) is 9.58 Å². The number of fused-ring (bicyclic) bond motifs is 1. The minimum Gasteiger partial charge on any atom is -0.481 e. The number of hydrogen-bond acceptors (Lipinski definition) is 9. The highest BCUT2D eigenvalue weighted by molar-refractivity contribution is 5.87. The van der Waals surface area contributed by atoms with Gasteiger partial charge in [0.2, 0.25) is 5.88 Å². The zero-order chi connectivity index (χ0) is 29.9. The van der Waals surface area contributed by atoms with Crippen LogP contribution in [0.25, 0.3) is 27.9 Å². The van der Waals surface area contributed by atoms with E-state index >= 15 is 0 Å². The van der Waals surface area contributed by atoms with Crippen molar-refractivity contribution in [1.82, 2.24) is 34.3 Å². The molecule has 0 bridgehead atoms. The van der Waals surface area contributed by atoms with Crippen LogP contribution >= 0.6 is 0 Å². The molecule has 0 radical (unpaired) electrons. The number of pyridine rings is 3. The number of nitriles is 1. The Morgan fingerprint density at radius 3 is 2.49 bits per heavy atom. The number of anilines is 1. The van der Waals surface area contributed by atoms with Gasteiger partial charge in [-0.1, -0.05) is 6.07 Å². The van der Waals surface area contributed by atoms with Crippen molar-refractivity contribution in [3.8, 4) is 34.3 Å². The molecule has 6 heterocycles. The maximum atomic E-state index is 9.82. The van der Waals surface area contributed by atoms with Gasteiger partial charge >= 0.3 is 0 Å². The van der Waals surface area contributed by atoms with Crippen LogP contribution in [-0.2, 0) is 17.8 Å². The highest BCUT2D eigenvalue weighted by Crippen LogP contribution is 2.32. The van der Waals surface area contributed by atoms with Crippen LogP contribution in [0.4, 0.5) is 5.82 Å². The van der Waals surface area contributed by atoms with Gasteiger partial charge in [0.15, 0.2) is 0 Å². The number of aromatic nitrogens is 6. The Morgan fingerprint density at radius 1 is 0.977 bits per heavy atom. The summed E-state index contributed by atoms with van der Waals surface area (Å²) in [6, 6.07) is 14.5. The van der Waals surface area contributed by atoms with Gasteiger partial charge in [-0.05, 0) is 43.7 Å². The molecule has 0 unspecified atom stereocenters. The second kappa shape index (κ2) is 12.2. The van der Waals surface area contributed by atoms with E-state index in [1.807, 2.05) is 43.2 Å². The summed E-state index contributed by atoms with van der Waals surface area (Å²) in [5.41, 5.74) is 7.05. The van der Waals surface area contributed by atoms with E-state index in [-0.39, 0.29) is 6.10 Å². The SMILES string of the molecule is COc1ccc(CN2CCN(c3ccc(-c4cc(-c5cc(C)n(C[C@@H](C)OC)n5)cn5ncc(C#N)c45)cn3)CC2)cn1. The number of hydrogen-bond donors (Lipinski definition) is 0. The van der Waals surface area contributed by atoms with Gasteiger partial charge in [-0.25, -0.2) is 14.5 Å². The molecule has 0 aromatic carbocycles. The van der Waals surface area contributed by atoms with Crippen molar-refractivity contribution in [2.75, 3.05) is 45.3 Å². The molecular weight excluding hydrogens is 542 g/mol. The molecule has 5 aromatic rings. The molecule has 0 N–H and O–H groups in total. The van der Waals surface area contributed by atoms with Crippen molar-refractivity contribution in [2.45, 2.75) is 33.0 Å². The van der Waals surface area contributed by atoms with Crippen LogP contribution in [0.2, 0.25) is 0 Å². The van der Waals surface area contributed by atoms with E-state index in [0.29, 0.717) is 18.0 Å². The van der Waals surface area contributed by atoms with Crippen LogP contribution in [0.3, 0.4) is 0 Å². The summed E-state index contributed by atoms with van der Waals surface area (Å²) in [6.45, 7) is 9.24. The third-order valence-electron chi connectivity index (χ3n) is 8.01. The molecule has 1 fully saturated rings. The van der Waals surface area contributed by atoms with Crippen LogP contribution in [0.15, 0.2) is 61.2 Å². The third kappa shape index (κ3) is 5.93. The molecule has 5 aromatic heterocycles. The van der Waals surface area contributed by atoms with Gasteiger partial charge in [0.25, 0.3) is 0 Å². The molecular formula is C32H35N9O2. The summed E-state index contributed by atoms with van der Waals surface area (Å²) in [5.74, 6) is 1.57. The molecule has 11 heteroatoms. The lowest BCUT2D eigenvalue weighted by Gasteiger charge is -2.35. The lowest BCUT2D eigenvalue weighted by molar-refractivity contribution is 0.0993. The van der Waals surface area contributed by atoms with Crippen LogP contribution < -0.4 is 9.64 Å². The van der Waals surface area contributed by atoms with Gasteiger partial charge in [-0.15, -0.1) is 0 Å². The monoisotopic (exact) mass is 577 g/mol. The predicted molar refractivity (Wildman–Crippen MR) is 164 cm³/mol. The molecule has 11 nitrogen and oxygen atoms in total. The lowest BCUT2D eigenvalue weighted by Crippen LogP contribution is -2.46. The zero-order valence-electron chi connectivity index (χ0n) is 24.9. The summed E-state index contributed by atoms with van der Waals surface area (Å²) in [7, 11) is 3.33. The molecule has 0 saturated carbocycles. The molecule has 0 amide bonds. The van der Waals surface area contributed by atoms with Crippen LogP contribution in [-0.4, -0.2) is 80.8 Å². The Bertz CT molecular complexity index is 1750. The Kier molecular flexibility index (Phi) is 8.05. The molecule has 1 aliphatic rings. The smallest absolute Gasteiger partial charge is 0.212 e. The number of nitrogens with zero attached hydrogens (tertiary/aromatic N) is 9. The van der Waals surface area contributed by atoms with E-state index in [1.165, 1.54) is 5.56 Å². The van der Waals surface area contributed by atoms with Crippen molar-refractivity contribution < 1.29 is 9.47 Å². The lowest BCUT2D eigenvalue weighted by atomic mass is 10.0. The summed E-state index contributed by atoms with van der Waals surface area (Å²) in [5, 5.41) is 19.1. The van der Waals surface area contributed by atoms with E-state index in [2.05, 4.69) is 56.3 Å². The summed E-state index contributed by atoms with van der Waals surface area (Å²) in [4.78, 5) is 13.9. The number of rotatable bonds is 9. The minimum atomic E-state index is 0.0483. The first-order valence-corrected chi connectivity index (χ1v) is 14.4. The Labute approximate surface area is 250 Å². The average molecular weight is 578 g/mol. The Morgan fingerprint density at radius 2 is 1.81 bits per heavy atom. The van der Waals surface area contributed by atoms with E-state index in [9.17, 15) is 5.26 Å². The normalized spacial score (nSPS) is 14.6. The Hall–Kier alpha value is -4.79. The highest BCUT2D eigenvalue weighted by atomic mass is 16.5. The fraction of sp³-hybridized carbons (Fsp3) is 0.344. The standard InChI is InChI=1S/C32H35N9O2/c1-22-13-29(37-40(22)19-23(2)42-3)26-14-28(32-27(15-33)18-36-41(32)21-26)25-6-7-30(34-17-25)39-11-9-38(10-12-39)20-24-5-8-31(43-4)35-16-24/h5-8,13-14,16-18,21,23H,9-12,19-20H2,1-4H3/t23-/m1/s1. The van der Waals surface area contributed by atoms with Gasteiger partial charge in [0.1, 0.15) is 11.9 Å². The van der Waals surface area contributed by atoms with Crippen LogP contribution in [0.5, 0.6) is 5.88 Å². The summed E-state index contributed by atoms with van der Waals surface area (Å²) < 4.78 is 14.3. The van der Waals surface area contributed by atoms with Crippen molar-refractivity contribution >= 4 is 11.3 Å². The second-order valence-corrected chi connectivity index (χ2v) is 10.9. The molecule has 220 valence electrons. The van der Waals surface area contributed by atoms with E-state index in [0.717, 1.165) is 72.1 Å². The predicted octanol–water partition coefficient (Wildman–Crippen LogP) is 4.20. The molecule has 0 spiro atoms. The van der Waals surface area contributed by atoms with Gasteiger partial charge in [-0.2, -0.15) is 15.5 Å². The van der Waals surface area contributed by atoms with Crippen molar-refractivity contribution in [3.05, 3.63) is 78.0 Å². The molecule has 0 aliphatic carbocycles. The summed E-state index contributed by atoms with van der Waals surface area (Å²) >= 11 is 0. The van der Waals surface area contributed by atoms with Crippen LogP contribution in [0, 0.1) is 18.3 Å². The van der Waals surface area contributed by atoms with Gasteiger partial charge in [0.05, 0.1) is 42.7 Å². The highest BCUT2D eigenvalue weighted by Gasteiger charge is 2.20. The van der Waals surface area contributed by atoms with Crippen molar-refractivity contribution in [2.24, 2.45) is 0 Å². The first-order valence-electron chi connectivity index (χ1n) is 14.4. The first kappa shape index (κ1) is 28.3. The van der Waals surface area contributed by atoms with Gasteiger partial charge in [0, 0.05) is 86.9 Å². The first-order chi connectivity index (χ1) is 20.9. The van der Waals surface area contributed by atoms with Crippen molar-refractivity contribution in [1.29, 1.82) is 5.26 Å². The number of ether oxygens (including phenoxy) is 2. The maximum absolute atomic E-state index is 9.82. The van der Waals surface area contributed by atoms with Crippen molar-refractivity contribution in [3.63, 3.8) is 0 Å². The number of piperazine rings is 1. The molecule has 1 saturated heterocycles. The Balaban J connectivity index is 1.22. The average Bonchev–Trinajstić information content (AvgIpc) is 3.64. The maximum Gasteiger partial charge on any atom is 0.212 e. The van der Waals surface area contributed by atoms with E-state index in [1.54, 1.807) is 24.9 Å². The third-order valence-corrected chi connectivity index (χ3v) is 8.01. The second-order valence-electron chi connectivity index (χ2n) is 10.9. The molecule has 43 heavy (non-hydrogen) atoms. The topological polar surface area (TPSA) is 110 Å². The quantitative estimate of drug-likeness (QED) is 0.255. The fourth-order valence-electron chi connectivity index (χ4n) is 5.47.